The Labute approximate surface area is 170 Å². The molecule has 0 aromatic heterocycles. The normalized spacial score (nSPS) is 14.2. The van der Waals surface area contributed by atoms with Gasteiger partial charge in [0, 0.05) is 12.1 Å². The first kappa shape index (κ1) is 21.1. The number of esters is 1. The number of fused-ring (bicyclic) bond motifs is 1. The van der Waals surface area contributed by atoms with E-state index in [0.29, 0.717) is 11.1 Å². The quantitative estimate of drug-likeness (QED) is 0.577. The molecule has 1 heterocycles. The number of nitrogens with one attached hydrogen (secondary N) is 1. The van der Waals surface area contributed by atoms with E-state index in [1.54, 1.807) is 24.3 Å². The summed E-state index contributed by atoms with van der Waals surface area (Å²) < 4.78 is 32.2. The zero-order chi connectivity index (χ0) is 21.8. The van der Waals surface area contributed by atoms with Crippen molar-refractivity contribution >= 4 is 29.4 Å². The predicted octanol–water partition coefficient (Wildman–Crippen LogP) is 2.45. The van der Waals surface area contributed by atoms with Gasteiger partial charge >= 0.3 is 5.97 Å². The molecule has 30 heavy (non-hydrogen) atoms. The van der Waals surface area contributed by atoms with Crippen molar-refractivity contribution < 1.29 is 32.7 Å². The first-order valence-corrected chi connectivity index (χ1v) is 9.15. The summed E-state index contributed by atoms with van der Waals surface area (Å²) in [6, 6.07) is 9.79. The molecule has 0 fully saturated rings. The van der Waals surface area contributed by atoms with E-state index in [1.165, 1.54) is 6.92 Å². The average molecular weight is 416 g/mol. The number of anilines is 1. The van der Waals surface area contributed by atoms with Crippen LogP contribution in [0.5, 0.6) is 0 Å². The summed E-state index contributed by atoms with van der Waals surface area (Å²) in [7, 11) is 0. The molecule has 1 atom stereocenters. The molecule has 3 rings (SSSR count). The summed E-state index contributed by atoms with van der Waals surface area (Å²) in [6.45, 7) is 1.03. The highest BCUT2D eigenvalue weighted by Crippen LogP contribution is 2.20. The summed E-state index contributed by atoms with van der Waals surface area (Å²) in [6.07, 6.45) is -1.63. The van der Waals surface area contributed by atoms with Gasteiger partial charge in [-0.05, 0) is 30.7 Å². The fourth-order valence-corrected chi connectivity index (χ4v) is 2.98. The molecular formula is C21H18F2N2O5. The Morgan fingerprint density at radius 1 is 1.10 bits per heavy atom. The third-order valence-corrected chi connectivity index (χ3v) is 4.56. The fourth-order valence-electron chi connectivity index (χ4n) is 2.98. The van der Waals surface area contributed by atoms with Gasteiger partial charge in [-0.3, -0.25) is 24.1 Å². The van der Waals surface area contributed by atoms with Crippen molar-refractivity contribution in [3.8, 4) is 0 Å². The number of nitrogens with zero attached hydrogens (tertiary/aromatic N) is 1. The first-order chi connectivity index (χ1) is 14.3. The molecule has 9 heteroatoms. The lowest BCUT2D eigenvalue weighted by molar-refractivity contribution is -0.153. The van der Waals surface area contributed by atoms with E-state index < -0.39 is 47.1 Å². The summed E-state index contributed by atoms with van der Waals surface area (Å²) in [5.41, 5.74) is 0.371. The molecule has 3 amide bonds. The molecule has 1 N–H and O–H groups in total. The average Bonchev–Trinajstić information content (AvgIpc) is 2.70. The van der Waals surface area contributed by atoms with E-state index in [2.05, 4.69) is 0 Å². The summed E-state index contributed by atoms with van der Waals surface area (Å²) in [5.74, 6) is -4.64. The summed E-state index contributed by atoms with van der Waals surface area (Å²) >= 11 is 0. The Hall–Kier alpha value is -3.62. The molecule has 1 aliphatic rings. The number of hydrogen-bond donors (Lipinski definition) is 1. The number of halogens is 2. The number of para-hydroxylation sites is 1. The molecule has 156 valence electrons. The SMILES string of the molecule is C[C@@H](OC(=O)CCN1C(=O)Cc2ccccc2C1=O)C(=O)Nc1c(F)cccc1F. The van der Waals surface area contributed by atoms with Crippen molar-refractivity contribution in [1.82, 2.24) is 4.90 Å². The van der Waals surface area contributed by atoms with Gasteiger partial charge < -0.3 is 10.1 Å². The van der Waals surface area contributed by atoms with Gasteiger partial charge in [0.15, 0.2) is 6.10 Å². The largest absolute Gasteiger partial charge is 0.452 e. The van der Waals surface area contributed by atoms with Crippen molar-refractivity contribution in [3.63, 3.8) is 0 Å². The molecular weight excluding hydrogens is 398 g/mol. The van der Waals surface area contributed by atoms with Crippen LogP contribution in [0.1, 0.15) is 29.3 Å². The predicted molar refractivity (Wildman–Crippen MR) is 101 cm³/mol. The van der Waals surface area contributed by atoms with E-state index in [1.807, 2.05) is 5.32 Å². The van der Waals surface area contributed by atoms with Gasteiger partial charge in [0.1, 0.15) is 17.3 Å². The Morgan fingerprint density at radius 3 is 2.47 bits per heavy atom. The Balaban J connectivity index is 1.55. The second kappa shape index (κ2) is 8.81. The zero-order valence-electron chi connectivity index (χ0n) is 16.0. The lowest BCUT2D eigenvalue weighted by atomic mass is 9.98. The van der Waals surface area contributed by atoms with Crippen molar-refractivity contribution in [3.05, 3.63) is 65.2 Å². The number of carbonyl (C=O) groups excluding carboxylic acids is 4. The number of ether oxygens (including phenoxy) is 1. The number of hydrogen-bond acceptors (Lipinski definition) is 5. The molecule has 0 unspecified atom stereocenters. The smallest absolute Gasteiger partial charge is 0.308 e. The van der Waals surface area contributed by atoms with Crippen LogP contribution in [0.4, 0.5) is 14.5 Å². The zero-order valence-corrected chi connectivity index (χ0v) is 16.0. The lowest BCUT2D eigenvalue weighted by Gasteiger charge is -2.26. The molecule has 0 spiro atoms. The number of amides is 3. The molecule has 1 aliphatic heterocycles. The van der Waals surface area contributed by atoms with Crippen molar-refractivity contribution in [2.45, 2.75) is 25.9 Å². The van der Waals surface area contributed by atoms with Crippen LogP contribution in [0.15, 0.2) is 42.5 Å². The van der Waals surface area contributed by atoms with Crippen LogP contribution in [-0.4, -0.2) is 41.2 Å². The lowest BCUT2D eigenvalue weighted by Crippen LogP contribution is -2.43. The maximum absolute atomic E-state index is 13.6. The minimum absolute atomic E-state index is 0.0456. The molecule has 0 bridgehead atoms. The molecule has 0 saturated carbocycles. The van der Waals surface area contributed by atoms with Crippen LogP contribution in [0, 0.1) is 11.6 Å². The maximum atomic E-state index is 13.6. The molecule has 0 aliphatic carbocycles. The van der Waals surface area contributed by atoms with Crippen LogP contribution in [0.2, 0.25) is 0 Å². The first-order valence-electron chi connectivity index (χ1n) is 9.15. The number of imide groups is 1. The molecule has 2 aromatic rings. The number of carbonyl (C=O) groups is 4. The van der Waals surface area contributed by atoms with Crippen LogP contribution in [-0.2, 0) is 25.5 Å². The fraction of sp³-hybridized carbons (Fsp3) is 0.238. The summed E-state index contributed by atoms with van der Waals surface area (Å²) in [4.78, 5) is 49.7. The van der Waals surface area contributed by atoms with E-state index in [9.17, 15) is 28.0 Å². The van der Waals surface area contributed by atoms with Crippen LogP contribution in [0.25, 0.3) is 0 Å². The van der Waals surface area contributed by atoms with Crippen molar-refractivity contribution in [1.29, 1.82) is 0 Å². The van der Waals surface area contributed by atoms with Gasteiger partial charge in [-0.1, -0.05) is 24.3 Å². The van der Waals surface area contributed by atoms with Crippen LogP contribution < -0.4 is 5.32 Å². The molecule has 2 aromatic carbocycles. The molecule has 0 saturated heterocycles. The van der Waals surface area contributed by atoms with Gasteiger partial charge in [0.2, 0.25) is 5.91 Å². The monoisotopic (exact) mass is 416 g/mol. The standard InChI is InChI=1S/C21H18F2N2O5/c1-12(20(28)24-19-15(22)7-4-8-16(19)23)30-18(27)9-10-25-17(26)11-13-5-2-3-6-14(13)21(25)29/h2-8,12H,9-11H2,1H3,(H,24,28)/t12-/m1/s1. The van der Waals surface area contributed by atoms with E-state index in [0.717, 1.165) is 23.1 Å². The Morgan fingerprint density at radius 2 is 1.77 bits per heavy atom. The second-order valence-electron chi connectivity index (χ2n) is 6.65. The van der Waals surface area contributed by atoms with E-state index in [4.69, 9.17) is 4.74 Å². The topological polar surface area (TPSA) is 92.8 Å². The van der Waals surface area contributed by atoms with Gasteiger partial charge in [-0.25, -0.2) is 8.78 Å². The Kier molecular flexibility index (Phi) is 6.20. The van der Waals surface area contributed by atoms with Gasteiger partial charge in [0.05, 0.1) is 12.8 Å². The van der Waals surface area contributed by atoms with Crippen LogP contribution >= 0.6 is 0 Å². The number of rotatable bonds is 6. The third-order valence-electron chi connectivity index (χ3n) is 4.56. The third kappa shape index (κ3) is 4.51. The van der Waals surface area contributed by atoms with Crippen molar-refractivity contribution in [2.24, 2.45) is 0 Å². The van der Waals surface area contributed by atoms with Crippen LogP contribution in [0.3, 0.4) is 0 Å². The molecule has 7 nitrogen and oxygen atoms in total. The summed E-state index contributed by atoms with van der Waals surface area (Å²) in [5, 5.41) is 2.03. The van der Waals surface area contributed by atoms with Gasteiger partial charge in [0.25, 0.3) is 11.8 Å². The highest BCUT2D eigenvalue weighted by atomic mass is 19.1. The highest BCUT2D eigenvalue weighted by molar-refractivity contribution is 6.09. The van der Waals surface area contributed by atoms with Gasteiger partial charge in [-0.15, -0.1) is 0 Å². The van der Waals surface area contributed by atoms with E-state index >= 15 is 0 Å². The van der Waals surface area contributed by atoms with Crippen molar-refractivity contribution in [2.75, 3.05) is 11.9 Å². The minimum atomic E-state index is -1.34. The minimum Gasteiger partial charge on any atom is -0.452 e. The second-order valence-corrected chi connectivity index (χ2v) is 6.65. The molecule has 0 radical (unpaired) electrons. The maximum Gasteiger partial charge on any atom is 0.308 e. The van der Waals surface area contributed by atoms with E-state index in [-0.39, 0.29) is 19.4 Å². The van der Waals surface area contributed by atoms with Gasteiger partial charge in [-0.2, -0.15) is 0 Å². The highest BCUT2D eigenvalue weighted by Gasteiger charge is 2.31. The number of benzene rings is 2. The Bertz CT molecular complexity index is 1000.